The topological polar surface area (TPSA) is 72.8 Å². The van der Waals surface area contributed by atoms with Crippen LogP contribution in [0.15, 0.2) is 12.2 Å². The molecule has 5 nitrogen and oxygen atoms in total. The average Bonchev–Trinajstić information content (AvgIpc) is 2.16. The molecule has 98 valence electrons. The van der Waals surface area contributed by atoms with Gasteiger partial charge < -0.3 is 4.74 Å². The first-order chi connectivity index (χ1) is 7.87. The molecule has 1 unspecified atom stereocenters. The average molecular weight is 263 g/mol. The monoisotopic (exact) mass is 263 g/mol. The molecule has 0 fully saturated rings. The summed E-state index contributed by atoms with van der Waals surface area (Å²) in [5.41, 5.74) is 0.235. The van der Waals surface area contributed by atoms with Crippen LogP contribution in [0, 0.1) is 0 Å². The normalized spacial score (nSPS) is 12.1. The van der Waals surface area contributed by atoms with E-state index in [1.165, 1.54) is 6.92 Å². The molecule has 0 rings (SSSR count). The Kier molecular flexibility index (Phi) is 7.19. The first-order valence-electron chi connectivity index (χ1n) is 5.61. The lowest BCUT2D eigenvalue weighted by Crippen LogP contribution is -2.36. The van der Waals surface area contributed by atoms with E-state index >= 15 is 0 Å². The highest BCUT2D eigenvalue weighted by Gasteiger charge is 2.42. The van der Waals surface area contributed by atoms with Crippen LogP contribution in [0.4, 0.5) is 0 Å². The predicted molar refractivity (Wildman–Crippen MR) is 64.4 cm³/mol. The molecule has 0 saturated carbocycles. The Balaban J connectivity index is 4.93. The molecule has 0 aromatic rings. The summed E-state index contributed by atoms with van der Waals surface area (Å²) in [5, 5.41) is 0. The number of hydrogen-bond acceptors (Lipinski definition) is 4. The van der Waals surface area contributed by atoms with Crippen LogP contribution in [0.3, 0.4) is 0 Å². The van der Waals surface area contributed by atoms with Gasteiger partial charge in [0.2, 0.25) is 0 Å². The summed E-state index contributed by atoms with van der Waals surface area (Å²) >= 11 is 0. The van der Waals surface area contributed by atoms with Crippen LogP contribution < -0.4 is 0 Å². The summed E-state index contributed by atoms with van der Waals surface area (Å²) in [6.45, 7) is 8.75. The van der Waals surface area contributed by atoms with Crippen molar-refractivity contribution in [1.29, 1.82) is 0 Å². The van der Waals surface area contributed by atoms with E-state index < -0.39 is 20.0 Å². The second-order valence-electron chi connectivity index (χ2n) is 3.91. The van der Waals surface area contributed by atoms with Crippen LogP contribution in [-0.2, 0) is 18.6 Å². The number of ether oxygens (including phenoxy) is 1. The summed E-state index contributed by atoms with van der Waals surface area (Å²) in [4.78, 5) is 20.4. The zero-order valence-corrected chi connectivity index (χ0v) is 11.5. The van der Waals surface area contributed by atoms with Gasteiger partial charge in [-0.25, -0.2) is 4.79 Å². The second-order valence-corrected chi connectivity index (χ2v) is 4.57. The Bertz CT molecular complexity index is 294. The first-order valence-corrected chi connectivity index (χ1v) is 6.74. The molecule has 0 aliphatic carbocycles. The third-order valence-electron chi connectivity index (χ3n) is 2.13. The van der Waals surface area contributed by atoms with Crippen LogP contribution in [-0.4, -0.2) is 16.6 Å². The minimum Gasteiger partial charge on any atom is -0.425 e. The van der Waals surface area contributed by atoms with Crippen molar-refractivity contribution >= 4 is 14.2 Å². The van der Waals surface area contributed by atoms with Crippen LogP contribution in [0.1, 0.15) is 46.5 Å². The van der Waals surface area contributed by atoms with Gasteiger partial charge in [-0.3, -0.25) is 0 Å². The molecule has 0 aromatic heterocycles. The van der Waals surface area contributed by atoms with E-state index in [0.717, 1.165) is 0 Å². The molecular weight excluding hydrogens is 243 g/mol. The SMILES string of the molecule is C=C(C)C(=O)OC(CCC)(CCC)O[P+](=O)O. The van der Waals surface area contributed by atoms with Gasteiger partial charge in [-0.15, -0.1) is 4.89 Å². The molecule has 0 bridgehead atoms. The zero-order valence-electron chi connectivity index (χ0n) is 10.6. The highest BCUT2D eigenvalue weighted by molar-refractivity contribution is 7.32. The highest BCUT2D eigenvalue weighted by atomic mass is 31.1. The van der Waals surface area contributed by atoms with E-state index in [1.54, 1.807) is 0 Å². The Morgan fingerprint density at radius 3 is 2.12 bits per heavy atom. The van der Waals surface area contributed by atoms with Crippen LogP contribution in [0.25, 0.3) is 0 Å². The van der Waals surface area contributed by atoms with Crippen molar-refractivity contribution in [2.24, 2.45) is 0 Å². The number of carbonyl (C=O) groups excluding carboxylic acids is 1. The lowest BCUT2D eigenvalue weighted by molar-refractivity contribution is -0.199. The summed E-state index contributed by atoms with van der Waals surface area (Å²) < 4.78 is 20.9. The van der Waals surface area contributed by atoms with Crippen molar-refractivity contribution in [3.8, 4) is 0 Å². The molecule has 0 aliphatic rings. The van der Waals surface area contributed by atoms with Gasteiger partial charge in [-0.2, -0.15) is 0 Å². The summed E-state index contributed by atoms with van der Waals surface area (Å²) in [7, 11) is -2.82. The van der Waals surface area contributed by atoms with Gasteiger partial charge in [0.25, 0.3) is 5.79 Å². The van der Waals surface area contributed by atoms with Crippen molar-refractivity contribution in [2.45, 2.75) is 52.2 Å². The molecule has 0 aromatic carbocycles. The number of rotatable bonds is 8. The molecule has 1 atom stereocenters. The standard InChI is InChI=1S/C11H19O5P/c1-5-7-11(8-6-2,16-17(13)14)15-10(12)9(3)4/h3,5-8H2,1-2,4H3/p+1. The molecule has 0 radical (unpaired) electrons. The fourth-order valence-corrected chi connectivity index (χ4v) is 2.00. The molecule has 0 heterocycles. The van der Waals surface area contributed by atoms with Gasteiger partial charge >= 0.3 is 14.2 Å². The van der Waals surface area contributed by atoms with Crippen molar-refractivity contribution in [1.82, 2.24) is 0 Å². The maximum absolute atomic E-state index is 11.5. The Labute approximate surface area is 103 Å². The molecule has 0 spiro atoms. The van der Waals surface area contributed by atoms with Gasteiger partial charge in [0, 0.05) is 23.0 Å². The molecule has 6 heteroatoms. The lowest BCUT2D eigenvalue weighted by atomic mass is 10.1. The van der Waals surface area contributed by atoms with Gasteiger partial charge in [-0.1, -0.05) is 25.0 Å². The van der Waals surface area contributed by atoms with Crippen molar-refractivity contribution in [3.63, 3.8) is 0 Å². The smallest absolute Gasteiger partial charge is 0.425 e. The predicted octanol–water partition coefficient (Wildman–Crippen LogP) is 3.07. The Morgan fingerprint density at radius 2 is 1.82 bits per heavy atom. The third-order valence-corrected chi connectivity index (χ3v) is 2.62. The zero-order chi connectivity index (χ0) is 13.5. The van der Waals surface area contributed by atoms with Crippen molar-refractivity contribution in [2.75, 3.05) is 0 Å². The maximum atomic E-state index is 11.5. The molecule has 17 heavy (non-hydrogen) atoms. The molecule has 0 aliphatic heterocycles. The minimum absolute atomic E-state index is 0.235. The van der Waals surface area contributed by atoms with Crippen LogP contribution >= 0.6 is 8.25 Å². The van der Waals surface area contributed by atoms with Gasteiger partial charge in [-0.05, 0) is 19.8 Å². The summed E-state index contributed by atoms with van der Waals surface area (Å²) in [6, 6.07) is 0. The highest BCUT2D eigenvalue weighted by Crippen LogP contribution is 2.35. The van der Waals surface area contributed by atoms with Crippen LogP contribution in [0.5, 0.6) is 0 Å². The van der Waals surface area contributed by atoms with E-state index in [9.17, 15) is 9.36 Å². The molecule has 0 amide bonds. The fourth-order valence-electron chi connectivity index (χ4n) is 1.50. The van der Waals surface area contributed by atoms with E-state index in [1.807, 2.05) is 13.8 Å². The quantitative estimate of drug-likeness (QED) is 0.315. The van der Waals surface area contributed by atoms with E-state index in [-0.39, 0.29) is 5.57 Å². The number of esters is 1. The van der Waals surface area contributed by atoms with Gasteiger partial charge in [0.05, 0.1) is 0 Å². The maximum Gasteiger partial charge on any atom is 0.698 e. The van der Waals surface area contributed by atoms with Gasteiger partial charge in [0.1, 0.15) is 0 Å². The number of carbonyl (C=O) groups is 1. The summed E-state index contributed by atoms with van der Waals surface area (Å²) in [5.74, 6) is -1.93. The largest absolute Gasteiger partial charge is 0.698 e. The molecular formula is C11H20O5P+. The summed E-state index contributed by atoms with van der Waals surface area (Å²) in [6.07, 6.45) is 2.10. The fraction of sp³-hybridized carbons (Fsp3) is 0.727. The van der Waals surface area contributed by atoms with Crippen molar-refractivity contribution in [3.05, 3.63) is 12.2 Å². The van der Waals surface area contributed by atoms with Crippen LogP contribution in [0.2, 0.25) is 0 Å². The molecule has 1 N–H and O–H groups in total. The minimum atomic E-state index is -2.82. The molecule has 0 saturated heterocycles. The third kappa shape index (κ3) is 5.91. The van der Waals surface area contributed by atoms with E-state index in [0.29, 0.717) is 25.7 Å². The number of hydrogen-bond donors (Lipinski definition) is 1. The first kappa shape index (κ1) is 16.2. The van der Waals surface area contributed by atoms with Gasteiger partial charge in [0.15, 0.2) is 0 Å². The Hall–Kier alpha value is -0.770. The van der Waals surface area contributed by atoms with E-state index in [4.69, 9.17) is 14.2 Å². The second kappa shape index (κ2) is 7.54. The Morgan fingerprint density at radius 1 is 1.35 bits per heavy atom. The van der Waals surface area contributed by atoms with Crippen molar-refractivity contribution < 1.29 is 23.5 Å². The lowest BCUT2D eigenvalue weighted by Gasteiger charge is -2.26. The van der Waals surface area contributed by atoms with E-state index in [2.05, 4.69) is 6.58 Å².